The van der Waals surface area contributed by atoms with Gasteiger partial charge >= 0.3 is 0 Å². The van der Waals surface area contributed by atoms with Crippen LogP contribution in [0.25, 0.3) is 0 Å². The van der Waals surface area contributed by atoms with E-state index < -0.39 is 0 Å². The van der Waals surface area contributed by atoms with Gasteiger partial charge in [-0.1, -0.05) is 41.4 Å². The Morgan fingerprint density at radius 3 is 2.28 bits per heavy atom. The van der Waals surface area contributed by atoms with E-state index in [0.717, 1.165) is 11.1 Å². The summed E-state index contributed by atoms with van der Waals surface area (Å²) in [7, 11) is 0. The summed E-state index contributed by atoms with van der Waals surface area (Å²) in [5.74, 6) is -0.248. The lowest BCUT2D eigenvalue weighted by molar-refractivity contribution is 0.625. The summed E-state index contributed by atoms with van der Waals surface area (Å²) in [5, 5.41) is 0.998. The molecule has 1 unspecified atom stereocenters. The van der Waals surface area contributed by atoms with Crippen molar-refractivity contribution in [3.05, 3.63) is 69.5 Å². The van der Waals surface area contributed by atoms with Crippen LogP contribution in [-0.2, 0) is 6.42 Å². The van der Waals surface area contributed by atoms with Crippen LogP contribution in [0.3, 0.4) is 0 Å². The summed E-state index contributed by atoms with van der Waals surface area (Å²) in [4.78, 5) is 0. The fourth-order valence-corrected chi connectivity index (χ4v) is 2.04. The molecule has 0 amide bonds. The second-order valence-electron chi connectivity index (χ2n) is 4.11. The van der Waals surface area contributed by atoms with Crippen molar-refractivity contribution < 1.29 is 4.39 Å². The van der Waals surface area contributed by atoms with E-state index in [-0.39, 0.29) is 11.9 Å². The van der Waals surface area contributed by atoms with E-state index in [1.165, 1.54) is 12.1 Å². The molecule has 0 fully saturated rings. The van der Waals surface area contributed by atoms with Crippen LogP contribution < -0.4 is 5.73 Å². The van der Waals surface area contributed by atoms with Gasteiger partial charge in [-0.05, 0) is 41.8 Å². The third kappa shape index (κ3) is 3.22. The lowest BCUT2D eigenvalue weighted by Gasteiger charge is -2.13. The molecule has 1 atom stereocenters. The predicted octanol–water partition coefficient (Wildman–Crippen LogP) is 4.38. The maximum Gasteiger partial charge on any atom is 0.123 e. The van der Waals surface area contributed by atoms with Crippen molar-refractivity contribution in [1.29, 1.82) is 0 Å². The van der Waals surface area contributed by atoms with Crippen molar-refractivity contribution in [3.8, 4) is 0 Å². The number of rotatable bonds is 3. The fraction of sp³-hybridized carbons (Fsp3) is 0.143. The standard InChI is InChI=1S/C14H12Cl2FN/c15-12-6-3-10(8-13(12)16)14(18)7-9-1-4-11(17)5-2-9/h1-6,8,14H,7,18H2. The molecular formula is C14H12Cl2FN. The van der Waals surface area contributed by atoms with E-state index in [1.54, 1.807) is 24.3 Å². The van der Waals surface area contributed by atoms with Gasteiger partial charge in [0.05, 0.1) is 10.0 Å². The molecule has 2 N–H and O–H groups in total. The maximum atomic E-state index is 12.8. The summed E-state index contributed by atoms with van der Waals surface area (Å²) < 4.78 is 12.8. The molecular weight excluding hydrogens is 272 g/mol. The van der Waals surface area contributed by atoms with Crippen LogP contribution in [0.5, 0.6) is 0 Å². The summed E-state index contributed by atoms with van der Waals surface area (Å²) in [6.07, 6.45) is 0.623. The SMILES string of the molecule is NC(Cc1ccc(F)cc1)c1ccc(Cl)c(Cl)c1. The van der Waals surface area contributed by atoms with Crippen LogP contribution in [0, 0.1) is 5.82 Å². The monoisotopic (exact) mass is 283 g/mol. The zero-order valence-electron chi connectivity index (χ0n) is 9.54. The highest BCUT2D eigenvalue weighted by Gasteiger charge is 2.09. The predicted molar refractivity (Wildman–Crippen MR) is 73.5 cm³/mol. The normalized spacial score (nSPS) is 12.4. The molecule has 0 saturated heterocycles. The van der Waals surface area contributed by atoms with Crippen molar-refractivity contribution in [3.63, 3.8) is 0 Å². The molecule has 0 saturated carbocycles. The van der Waals surface area contributed by atoms with Gasteiger partial charge in [0, 0.05) is 6.04 Å². The molecule has 0 bridgehead atoms. The molecule has 2 aromatic rings. The number of halogens is 3. The fourth-order valence-electron chi connectivity index (χ4n) is 1.74. The molecule has 0 spiro atoms. The maximum absolute atomic E-state index is 12.8. The number of nitrogens with two attached hydrogens (primary N) is 1. The van der Waals surface area contributed by atoms with Crippen LogP contribution in [0.2, 0.25) is 10.0 Å². The molecule has 0 heterocycles. The first-order valence-corrected chi connectivity index (χ1v) is 6.27. The second-order valence-corrected chi connectivity index (χ2v) is 4.93. The highest BCUT2D eigenvalue weighted by molar-refractivity contribution is 6.42. The molecule has 2 aromatic carbocycles. The molecule has 4 heteroatoms. The van der Waals surface area contributed by atoms with E-state index >= 15 is 0 Å². The van der Waals surface area contributed by atoms with Crippen LogP contribution in [0.1, 0.15) is 17.2 Å². The number of hydrogen-bond donors (Lipinski definition) is 1. The Hall–Kier alpha value is -1.09. The second kappa shape index (κ2) is 5.70. The summed E-state index contributed by atoms with van der Waals surface area (Å²) in [6.45, 7) is 0. The highest BCUT2D eigenvalue weighted by Crippen LogP contribution is 2.26. The van der Waals surface area contributed by atoms with Crippen LogP contribution >= 0.6 is 23.2 Å². The van der Waals surface area contributed by atoms with Crippen molar-refractivity contribution in [2.24, 2.45) is 5.73 Å². The Kier molecular flexibility index (Phi) is 4.23. The van der Waals surface area contributed by atoms with Crippen molar-refractivity contribution >= 4 is 23.2 Å². The zero-order chi connectivity index (χ0) is 13.1. The van der Waals surface area contributed by atoms with Crippen LogP contribution in [-0.4, -0.2) is 0 Å². The van der Waals surface area contributed by atoms with Gasteiger partial charge in [0.15, 0.2) is 0 Å². The molecule has 0 radical (unpaired) electrons. The minimum absolute atomic E-state index is 0.190. The Labute approximate surface area is 115 Å². The van der Waals surface area contributed by atoms with Crippen LogP contribution in [0.15, 0.2) is 42.5 Å². The molecule has 2 rings (SSSR count). The molecule has 94 valence electrons. The van der Waals surface area contributed by atoms with Gasteiger partial charge in [-0.15, -0.1) is 0 Å². The average Bonchev–Trinajstić information content (AvgIpc) is 2.35. The van der Waals surface area contributed by atoms with Gasteiger partial charge in [-0.25, -0.2) is 4.39 Å². The smallest absolute Gasteiger partial charge is 0.123 e. The zero-order valence-corrected chi connectivity index (χ0v) is 11.0. The lowest BCUT2D eigenvalue weighted by Crippen LogP contribution is -2.13. The van der Waals surface area contributed by atoms with Gasteiger partial charge in [-0.2, -0.15) is 0 Å². The molecule has 0 aliphatic rings. The third-order valence-electron chi connectivity index (χ3n) is 2.74. The van der Waals surface area contributed by atoms with Gasteiger partial charge < -0.3 is 5.73 Å². The largest absolute Gasteiger partial charge is 0.324 e. The lowest BCUT2D eigenvalue weighted by atomic mass is 10.00. The van der Waals surface area contributed by atoms with E-state index in [1.807, 2.05) is 6.07 Å². The van der Waals surface area contributed by atoms with E-state index in [0.29, 0.717) is 16.5 Å². The van der Waals surface area contributed by atoms with Gasteiger partial charge in [0.25, 0.3) is 0 Å². The van der Waals surface area contributed by atoms with E-state index in [4.69, 9.17) is 28.9 Å². The minimum Gasteiger partial charge on any atom is -0.324 e. The number of benzene rings is 2. The Morgan fingerprint density at radius 2 is 1.67 bits per heavy atom. The topological polar surface area (TPSA) is 26.0 Å². The number of hydrogen-bond acceptors (Lipinski definition) is 1. The first-order valence-electron chi connectivity index (χ1n) is 5.51. The molecule has 1 nitrogen and oxygen atoms in total. The Bertz CT molecular complexity index is 540. The average molecular weight is 284 g/mol. The summed E-state index contributed by atoms with van der Waals surface area (Å²) in [6, 6.07) is 11.5. The first-order chi connectivity index (χ1) is 8.56. The summed E-state index contributed by atoms with van der Waals surface area (Å²) >= 11 is 11.8. The van der Waals surface area contributed by atoms with Gasteiger partial charge in [-0.3, -0.25) is 0 Å². The molecule has 0 aliphatic heterocycles. The highest BCUT2D eigenvalue weighted by atomic mass is 35.5. The quantitative estimate of drug-likeness (QED) is 0.889. The van der Waals surface area contributed by atoms with E-state index in [2.05, 4.69) is 0 Å². The third-order valence-corrected chi connectivity index (χ3v) is 3.48. The Morgan fingerprint density at radius 1 is 1.00 bits per heavy atom. The van der Waals surface area contributed by atoms with Gasteiger partial charge in [0.2, 0.25) is 0 Å². The minimum atomic E-state index is -0.248. The Balaban J connectivity index is 2.13. The van der Waals surface area contributed by atoms with Crippen molar-refractivity contribution in [2.75, 3.05) is 0 Å². The molecule has 0 aromatic heterocycles. The first kappa shape index (κ1) is 13.3. The molecule has 18 heavy (non-hydrogen) atoms. The molecule has 0 aliphatic carbocycles. The van der Waals surface area contributed by atoms with Gasteiger partial charge in [0.1, 0.15) is 5.82 Å². The van der Waals surface area contributed by atoms with E-state index in [9.17, 15) is 4.39 Å². The van der Waals surface area contributed by atoms with Crippen molar-refractivity contribution in [1.82, 2.24) is 0 Å². The van der Waals surface area contributed by atoms with Crippen molar-refractivity contribution in [2.45, 2.75) is 12.5 Å². The van der Waals surface area contributed by atoms with Crippen LogP contribution in [0.4, 0.5) is 4.39 Å². The summed E-state index contributed by atoms with van der Waals surface area (Å²) in [5.41, 5.74) is 7.98.